The van der Waals surface area contributed by atoms with Crippen LogP contribution >= 0.6 is 11.6 Å². The lowest BCUT2D eigenvalue weighted by Crippen LogP contribution is -2.08. The van der Waals surface area contributed by atoms with Crippen molar-refractivity contribution in [2.24, 2.45) is 0 Å². The highest BCUT2D eigenvalue weighted by Crippen LogP contribution is 2.21. The molecule has 2 N–H and O–H groups in total. The Kier molecular flexibility index (Phi) is 5.01. The molecular weight excluding hydrogens is 266 g/mol. The average Bonchev–Trinajstić information content (AvgIpc) is 2.69. The number of hydrogen-bond donors (Lipinski definition) is 1. The molecule has 104 valence electrons. The van der Waals surface area contributed by atoms with Crippen LogP contribution in [0.3, 0.4) is 0 Å². The van der Waals surface area contributed by atoms with E-state index in [-0.39, 0.29) is 0 Å². The van der Waals surface area contributed by atoms with Crippen molar-refractivity contribution in [3.8, 4) is 0 Å². The van der Waals surface area contributed by atoms with Crippen molar-refractivity contribution in [2.45, 2.75) is 13.0 Å². The van der Waals surface area contributed by atoms with Crippen LogP contribution in [0.4, 0.5) is 5.95 Å². The van der Waals surface area contributed by atoms with Gasteiger partial charge in [-0.05, 0) is 24.6 Å². The van der Waals surface area contributed by atoms with Crippen molar-refractivity contribution >= 4 is 28.6 Å². The van der Waals surface area contributed by atoms with Crippen LogP contribution in [0.15, 0.2) is 18.2 Å². The van der Waals surface area contributed by atoms with E-state index in [1.807, 2.05) is 22.8 Å². The largest absolute Gasteiger partial charge is 0.382 e. The lowest BCUT2D eigenvalue weighted by atomic mass is 10.3. The molecule has 0 saturated carbocycles. The van der Waals surface area contributed by atoms with Gasteiger partial charge in [-0.25, -0.2) is 4.98 Å². The third-order valence-electron chi connectivity index (χ3n) is 2.84. The lowest BCUT2D eigenvalue weighted by Gasteiger charge is -2.07. The number of methoxy groups -OCH3 is 1. The van der Waals surface area contributed by atoms with Gasteiger partial charge in [0.2, 0.25) is 5.95 Å². The smallest absolute Gasteiger partial charge is 0.201 e. The fourth-order valence-corrected chi connectivity index (χ4v) is 2.09. The molecule has 1 aromatic carbocycles. The summed E-state index contributed by atoms with van der Waals surface area (Å²) in [5.74, 6) is 0.508. The van der Waals surface area contributed by atoms with Crippen molar-refractivity contribution in [3.63, 3.8) is 0 Å². The Hall–Kier alpha value is -1.30. The number of rotatable bonds is 7. The molecule has 0 saturated heterocycles. The first kappa shape index (κ1) is 14.1. The molecule has 1 aromatic heterocycles. The molecule has 0 radical (unpaired) electrons. The molecule has 19 heavy (non-hydrogen) atoms. The van der Waals surface area contributed by atoms with Gasteiger partial charge in [0.05, 0.1) is 24.2 Å². The van der Waals surface area contributed by atoms with Gasteiger partial charge in [0.25, 0.3) is 0 Å². The number of nitrogens with zero attached hydrogens (tertiary/aromatic N) is 2. The van der Waals surface area contributed by atoms with Crippen molar-refractivity contribution in [1.82, 2.24) is 9.55 Å². The lowest BCUT2D eigenvalue weighted by molar-refractivity contribution is 0.0682. The summed E-state index contributed by atoms with van der Waals surface area (Å²) in [6.07, 6.45) is 0.877. The summed E-state index contributed by atoms with van der Waals surface area (Å²) in [5.41, 5.74) is 7.74. The second-order valence-electron chi connectivity index (χ2n) is 4.21. The summed E-state index contributed by atoms with van der Waals surface area (Å²) in [6.45, 7) is 2.69. The molecule has 0 aliphatic heterocycles. The number of aryl methyl sites for hydroxylation is 1. The Morgan fingerprint density at radius 2 is 2.16 bits per heavy atom. The molecule has 0 unspecified atom stereocenters. The van der Waals surface area contributed by atoms with E-state index in [1.54, 1.807) is 7.11 Å². The first-order valence-electron chi connectivity index (χ1n) is 6.20. The number of aromatic nitrogens is 2. The topological polar surface area (TPSA) is 62.3 Å². The molecular formula is C13H18ClN3O2. The zero-order chi connectivity index (χ0) is 13.7. The number of nitrogen functional groups attached to an aromatic ring is 1. The van der Waals surface area contributed by atoms with Crippen molar-refractivity contribution in [3.05, 3.63) is 23.2 Å². The minimum Gasteiger partial charge on any atom is -0.382 e. The Labute approximate surface area is 117 Å². The van der Waals surface area contributed by atoms with E-state index < -0.39 is 0 Å². The average molecular weight is 284 g/mol. The van der Waals surface area contributed by atoms with Crippen LogP contribution in [-0.2, 0) is 16.0 Å². The van der Waals surface area contributed by atoms with Gasteiger partial charge in [-0.15, -0.1) is 0 Å². The fraction of sp³-hybridized carbons (Fsp3) is 0.462. The van der Waals surface area contributed by atoms with Gasteiger partial charge in [0.15, 0.2) is 0 Å². The van der Waals surface area contributed by atoms with Crippen LogP contribution in [0, 0.1) is 0 Å². The molecule has 1 heterocycles. The van der Waals surface area contributed by atoms with Gasteiger partial charge in [0.1, 0.15) is 0 Å². The molecule has 0 fully saturated rings. The summed E-state index contributed by atoms with van der Waals surface area (Å²) in [5, 5.41) is 0.667. The molecule has 0 aliphatic rings. The predicted octanol–water partition coefficient (Wildman–Crippen LogP) is 2.33. The zero-order valence-corrected chi connectivity index (χ0v) is 11.7. The standard InChI is InChI=1S/C13H18ClN3O2/c1-18-7-8-19-6-2-5-17-12-4-3-10(14)9-11(12)16-13(17)15/h3-4,9H,2,5-8H2,1H3,(H2,15,16). The number of hydrogen-bond acceptors (Lipinski definition) is 4. The van der Waals surface area contributed by atoms with Crippen LogP contribution in [0.25, 0.3) is 11.0 Å². The third-order valence-corrected chi connectivity index (χ3v) is 3.08. The SMILES string of the molecule is COCCOCCCn1c(N)nc2cc(Cl)ccc21. The first-order chi connectivity index (χ1) is 9.22. The van der Waals surface area contributed by atoms with E-state index in [2.05, 4.69) is 4.98 Å². The van der Waals surface area contributed by atoms with Gasteiger partial charge in [-0.1, -0.05) is 11.6 Å². The fourth-order valence-electron chi connectivity index (χ4n) is 1.93. The Morgan fingerprint density at radius 1 is 1.32 bits per heavy atom. The Morgan fingerprint density at radius 3 is 2.95 bits per heavy atom. The van der Waals surface area contributed by atoms with Crippen LogP contribution in [0.1, 0.15) is 6.42 Å². The minimum atomic E-state index is 0.508. The molecule has 2 aromatic rings. The maximum atomic E-state index is 5.93. The number of ether oxygens (including phenoxy) is 2. The molecule has 0 aliphatic carbocycles. The highest BCUT2D eigenvalue weighted by molar-refractivity contribution is 6.31. The summed E-state index contributed by atoms with van der Waals surface area (Å²) in [7, 11) is 1.66. The molecule has 0 bridgehead atoms. The van der Waals surface area contributed by atoms with Crippen molar-refractivity contribution < 1.29 is 9.47 Å². The summed E-state index contributed by atoms with van der Waals surface area (Å²) < 4.78 is 12.3. The normalized spacial score (nSPS) is 11.3. The predicted molar refractivity (Wildman–Crippen MR) is 76.5 cm³/mol. The highest BCUT2D eigenvalue weighted by Gasteiger charge is 2.07. The quantitative estimate of drug-likeness (QED) is 0.792. The van der Waals surface area contributed by atoms with Gasteiger partial charge in [-0.2, -0.15) is 0 Å². The van der Waals surface area contributed by atoms with Crippen LogP contribution < -0.4 is 5.73 Å². The minimum absolute atomic E-state index is 0.508. The van der Waals surface area contributed by atoms with Gasteiger partial charge in [0, 0.05) is 25.3 Å². The number of benzene rings is 1. The van der Waals surface area contributed by atoms with Gasteiger partial charge >= 0.3 is 0 Å². The summed E-state index contributed by atoms with van der Waals surface area (Å²) in [6, 6.07) is 5.60. The van der Waals surface area contributed by atoms with Crippen LogP contribution in [0.2, 0.25) is 5.02 Å². The van der Waals surface area contributed by atoms with E-state index in [0.29, 0.717) is 30.8 Å². The van der Waals surface area contributed by atoms with E-state index in [0.717, 1.165) is 24.0 Å². The molecule has 0 amide bonds. The third kappa shape index (κ3) is 3.59. The highest BCUT2D eigenvalue weighted by atomic mass is 35.5. The van der Waals surface area contributed by atoms with E-state index in [4.69, 9.17) is 26.8 Å². The zero-order valence-electron chi connectivity index (χ0n) is 10.9. The first-order valence-corrected chi connectivity index (χ1v) is 6.58. The van der Waals surface area contributed by atoms with Crippen molar-refractivity contribution in [2.75, 3.05) is 32.7 Å². The maximum Gasteiger partial charge on any atom is 0.201 e. The molecule has 0 atom stereocenters. The number of anilines is 1. The number of fused-ring (bicyclic) bond motifs is 1. The summed E-state index contributed by atoms with van der Waals surface area (Å²) in [4.78, 5) is 4.30. The number of halogens is 1. The van der Waals surface area contributed by atoms with Crippen molar-refractivity contribution in [1.29, 1.82) is 0 Å². The molecule has 5 nitrogen and oxygen atoms in total. The maximum absolute atomic E-state index is 5.93. The molecule has 0 spiro atoms. The second kappa shape index (κ2) is 6.75. The van der Waals surface area contributed by atoms with Crippen LogP contribution in [-0.4, -0.2) is 36.5 Å². The Balaban J connectivity index is 1.95. The van der Waals surface area contributed by atoms with Crippen LogP contribution in [0.5, 0.6) is 0 Å². The van der Waals surface area contributed by atoms with E-state index in [9.17, 15) is 0 Å². The number of nitrogens with two attached hydrogens (primary N) is 1. The number of imidazole rings is 1. The van der Waals surface area contributed by atoms with Gasteiger partial charge in [-0.3, -0.25) is 0 Å². The summed E-state index contributed by atoms with van der Waals surface area (Å²) >= 11 is 5.93. The van der Waals surface area contributed by atoms with E-state index >= 15 is 0 Å². The van der Waals surface area contributed by atoms with Gasteiger partial charge < -0.3 is 19.8 Å². The monoisotopic (exact) mass is 283 g/mol. The molecule has 6 heteroatoms. The second-order valence-corrected chi connectivity index (χ2v) is 4.65. The Bertz CT molecular complexity index is 542. The van der Waals surface area contributed by atoms with E-state index in [1.165, 1.54) is 0 Å². The molecule has 2 rings (SSSR count).